The van der Waals surface area contributed by atoms with E-state index in [0.717, 1.165) is 11.3 Å². The van der Waals surface area contributed by atoms with Crippen molar-refractivity contribution in [2.75, 3.05) is 20.3 Å². The maximum atomic E-state index is 12.7. The number of hydrazone groups is 1. The fourth-order valence-electron chi connectivity index (χ4n) is 2.31. The quantitative estimate of drug-likeness (QED) is 0.868. The van der Waals surface area contributed by atoms with Gasteiger partial charge >= 0.3 is 0 Å². The molecule has 1 aromatic carbocycles. The summed E-state index contributed by atoms with van der Waals surface area (Å²) in [5, 5.41) is 14.5. The van der Waals surface area contributed by atoms with Crippen molar-refractivity contribution in [1.82, 2.24) is 5.01 Å². The molecule has 0 aliphatic carbocycles. The van der Waals surface area contributed by atoms with E-state index in [0.29, 0.717) is 6.42 Å². The number of ether oxygens (including phenoxy) is 1. The van der Waals surface area contributed by atoms with Gasteiger partial charge in [0, 0.05) is 6.42 Å². The van der Waals surface area contributed by atoms with Gasteiger partial charge in [0.15, 0.2) is 0 Å². The van der Waals surface area contributed by atoms with Crippen molar-refractivity contribution in [3.63, 3.8) is 0 Å². The molecule has 0 saturated carbocycles. The van der Waals surface area contributed by atoms with Crippen molar-refractivity contribution < 1.29 is 18.6 Å². The summed E-state index contributed by atoms with van der Waals surface area (Å²) in [4.78, 5) is 0. The molecule has 1 aromatic rings. The van der Waals surface area contributed by atoms with Crippen LogP contribution in [0.1, 0.15) is 12.0 Å². The Balaban J connectivity index is 2.03. The summed E-state index contributed by atoms with van der Waals surface area (Å²) in [5.74, 6) is 0.761. The molecule has 2 rings (SSSR count). The molecule has 0 bridgehead atoms. The van der Waals surface area contributed by atoms with Crippen LogP contribution in [0.5, 0.6) is 5.75 Å². The Labute approximate surface area is 116 Å². The third-order valence-corrected chi connectivity index (χ3v) is 3.33. The Kier molecular flexibility index (Phi) is 4.89. The van der Waals surface area contributed by atoms with Gasteiger partial charge in [0.2, 0.25) is 0 Å². The number of hydrogen-bond donors (Lipinski definition) is 1. The number of halogens is 2. The molecule has 0 saturated heterocycles. The van der Waals surface area contributed by atoms with Gasteiger partial charge in [-0.1, -0.05) is 12.1 Å². The van der Waals surface area contributed by atoms with Gasteiger partial charge in [0.1, 0.15) is 11.5 Å². The molecule has 1 aliphatic rings. The predicted molar refractivity (Wildman–Crippen MR) is 72.3 cm³/mol. The summed E-state index contributed by atoms with van der Waals surface area (Å²) in [6, 6.07) is 7.39. The van der Waals surface area contributed by atoms with E-state index in [4.69, 9.17) is 9.84 Å². The Hall–Kier alpha value is -1.69. The number of aliphatic hydroxyl groups is 1. The first-order valence-electron chi connectivity index (χ1n) is 6.50. The number of methoxy groups -OCH3 is 1. The summed E-state index contributed by atoms with van der Waals surface area (Å²) >= 11 is 0. The molecule has 1 atom stereocenters. The van der Waals surface area contributed by atoms with Gasteiger partial charge in [-0.2, -0.15) is 5.10 Å². The van der Waals surface area contributed by atoms with E-state index in [9.17, 15) is 8.78 Å². The first-order valence-corrected chi connectivity index (χ1v) is 6.50. The van der Waals surface area contributed by atoms with Gasteiger partial charge in [-0.05, 0) is 24.1 Å². The van der Waals surface area contributed by atoms with Crippen molar-refractivity contribution in [3.8, 4) is 5.75 Å². The second-order valence-corrected chi connectivity index (χ2v) is 4.69. The lowest BCUT2D eigenvalue weighted by atomic mass is 10.0. The van der Waals surface area contributed by atoms with Crippen molar-refractivity contribution in [1.29, 1.82) is 0 Å². The molecular weight excluding hydrogens is 266 g/mol. The van der Waals surface area contributed by atoms with E-state index in [-0.39, 0.29) is 31.3 Å². The van der Waals surface area contributed by atoms with Gasteiger partial charge in [0.25, 0.3) is 6.43 Å². The summed E-state index contributed by atoms with van der Waals surface area (Å²) in [7, 11) is 1.59. The van der Waals surface area contributed by atoms with E-state index < -0.39 is 6.43 Å². The van der Waals surface area contributed by atoms with Gasteiger partial charge in [0.05, 0.1) is 26.3 Å². The molecule has 4 nitrogen and oxygen atoms in total. The van der Waals surface area contributed by atoms with Crippen molar-refractivity contribution in [3.05, 3.63) is 29.8 Å². The molecule has 0 radical (unpaired) electrons. The van der Waals surface area contributed by atoms with Crippen LogP contribution < -0.4 is 4.74 Å². The first kappa shape index (κ1) is 14.7. The van der Waals surface area contributed by atoms with Crippen LogP contribution >= 0.6 is 0 Å². The van der Waals surface area contributed by atoms with Crippen LogP contribution in [-0.2, 0) is 6.42 Å². The number of aliphatic hydroxyl groups excluding tert-OH is 1. The third-order valence-electron chi connectivity index (χ3n) is 3.33. The zero-order valence-corrected chi connectivity index (χ0v) is 11.3. The lowest BCUT2D eigenvalue weighted by Gasteiger charge is -2.22. The second-order valence-electron chi connectivity index (χ2n) is 4.69. The minimum atomic E-state index is -2.53. The van der Waals surface area contributed by atoms with Gasteiger partial charge in [-0.25, -0.2) is 8.78 Å². The average Bonchev–Trinajstić information content (AvgIpc) is 2.83. The number of rotatable bonds is 6. The zero-order chi connectivity index (χ0) is 14.5. The van der Waals surface area contributed by atoms with Crippen LogP contribution in [0.4, 0.5) is 8.78 Å². The SMILES string of the molecule is COc1ccc(CC2CC(C(F)F)=NN2CCO)cc1. The molecule has 1 aliphatic heterocycles. The highest BCUT2D eigenvalue weighted by molar-refractivity contribution is 5.89. The van der Waals surface area contributed by atoms with Gasteiger partial charge < -0.3 is 9.84 Å². The molecule has 0 spiro atoms. The summed E-state index contributed by atoms with van der Waals surface area (Å²) in [6.45, 7) is 0.177. The molecule has 20 heavy (non-hydrogen) atoms. The van der Waals surface area contributed by atoms with Gasteiger partial charge in [-0.15, -0.1) is 0 Å². The lowest BCUT2D eigenvalue weighted by Crippen LogP contribution is -2.31. The lowest BCUT2D eigenvalue weighted by molar-refractivity contribution is 0.170. The molecule has 110 valence electrons. The highest BCUT2D eigenvalue weighted by Gasteiger charge is 2.30. The molecule has 1 unspecified atom stereocenters. The Morgan fingerprint density at radius 3 is 2.65 bits per heavy atom. The Bertz CT molecular complexity index is 463. The fraction of sp³-hybridized carbons (Fsp3) is 0.500. The van der Waals surface area contributed by atoms with E-state index >= 15 is 0 Å². The van der Waals surface area contributed by atoms with E-state index in [1.165, 1.54) is 0 Å². The van der Waals surface area contributed by atoms with Crippen LogP contribution in [0.2, 0.25) is 0 Å². The van der Waals surface area contributed by atoms with Crippen LogP contribution in [0.15, 0.2) is 29.4 Å². The molecular formula is C14H18F2N2O2. The minimum absolute atomic E-state index is 0.0981. The standard InChI is InChI=1S/C14H18F2N2O2/c1-20-12-4-2-10(3-5-12)8-11-9-13(14(15)16)17-18(11)6-7-19/h2-5,11,14,19H,6-9H2,1H3. The number of hydrogen-bond acceptors (Lipinski definition) is 4. The minimum Gasteiger partial charge on any atom is -0.497 e. The third kappa shape index (κ3) is 3.45. The second kappa shape index (κ2) is 6.65. The average molecular weight is 284 g/mol. The fourth-order valence-corrected chi connectivity index (χ4v) is 2.31. The molecule has 0 fully saturated rings. The largest absolute Gasteiger partial charge is 0.497 e. The first-order chi connectivity index (χ1) is 9.63. The predicted octanol–water partition coefficient (Wildman–Crippen LogP) is 1.93. The number of nitrogens with zero attached hydrogens (tertiary/aromatic N) is 2. The highest BCUT2D eigenvalue weighted by atomic mass is 19.3. The van der Waals surface area contributed by atoms with Crippen LogP contribution in [0.3, 0.4) is 0 Å². The number of alkyl halides is 2. The maximum Gasteiger partial charge on any atom is 0.278 e. The summed E-state index contributed by atoms with van der Waals surface area (Å²) < 4.78 is 30.5. The van der Waals surface area contributed by atoms with Crippen LogP contribution in [0.25, 0.3) is 0 Å². The zero-order valence-electron chi connectivity index (χ0n) is 11.3. The number of benzene rings is 1. The molecule has 0 aromatic heterocycles. The van der Waals surface area contributed by atoms with Crippen molar-refractivity contribution in [2.24, 2.45) is 5.10 Å². The molecule has 6 heteroatoms. The van der Waals surface area contributed by atoms with E-state index in [1.54, 1.807) is 12.1 Å². The van der Waals surface area contributed by atoms with Crippen LogP contribution in [-0.4, -0.2) is 48.6 Å². The summed E-state index contributed by atoms with van der Waals surface area (Å²) in [6.07, 6.45) is -1.68. The molecule has 0 amide bonds. The monoisotopic (exact) mass is 284 g/mol. The van der Waals surface area contributed by atoms with E-state index in [2.05, 4.69) is 5.10 Å². The highest BCUT2D eigenvalue weighted by Crippen LogP contribution is 2.23. The Morgan fingerprint density at radius 1 is 1.40 bits per heavy atom. The topological polar surface area (TPSA) is 45.1 Å². The molecule has 1 N–H and O–H groups in total. The van der Waals surface area contributed by atoms with Crippen molar-refractivity contribution >= 4 is 5.71 Å². The Morgan fingerprint density at radius 2 is 2.10 bits per heavy atom. The number of β-amino-alcohol motifs (C(OH)–C–C–N with tert-alkyl or cyclic N) is 1. The summed E-state index contributed by atoms with van der Waals surface area (Å²) in [5.41, 5.74) is 0.932. The molecule has 1 heterocycles. The smallest absolute Gasteiger partial charge is 0.278 e. The van der Waals surface area contributed by atoms with Gasteiger partial charge in [-0.3, -0.25) is 5.01 Å². The normalized spacial score (nSPS) is 18.6. The van der Waals surface area contributed by atoms with Crippen LogP contribution in [0, 0.1) is 0 Å². The van der Waals surface area contributed by atoms with E-state index in [1.807, 2.05) is 24.3 Å². The van der Waals surface area contributed by atoms with Crippen molar-refractivity contribution in [2.45, 2.75) is 25.3 Å². The maximum absolute atomic E-state index is 12.7.